The summed E-state index contributed by atoms with van der Waals surface area (Å²) >= 11 is 2.31. The lowest BCUT2D eigenvalue weighted by Gasteiger charge is -2.32. The largest absolute Gasteiger partial charge is 0.431 e. The average molecular weight is 509 g/mol. The van der Waals surface area contributed by atoms with Gasteiger partial charge in [-0.25, -0.2) is 0 Å². The minimum atomic E-state index is -2.61. The van der Waals surface area contributed by atoms with Gasteiger partial charge in [-0.3, -0.25) is 0 Å². The van der Waals surface area contributed by atoms with Gasteiger partial charge in [0.2, 0.25) is 0 Å². The van der Waals surface area contributed by atoms with Crippen molar-refractivity contribution in [1.82, 2.24) is 0 Å². The Balaban J connectivity index is 2.07. The summed E-state index contributed by atoms with van der Waals surface area (Å²) in [5.41, 5.74) is 7.52. The molecule has 0 saturated carbocycles. The smallest absolute Gasteiger partial charge is 0.292 e. The predicted octanol–water partition coefficient (Wildman–Crippen LogP) is 4.34. The molecule has 138 valence electrons. The summed E-state index contributed by atoms with van der Waals surface area (Å²) in [6.07, 6.45) is 6.01. The van der Waals surface area contributed by atoms with Gasteiger partial charge in [-0.1, -0.05) is 83.7 Å². The fourth-order valence-electron chi connectivity index (χ4n) is 3.01. The van der Waals surface area contributed by atoms with Crippen molar-refractivity contribution in [3.05, 3.63) is 94.1 Å². The highest BCUT2D eigenvalue weighted by molar-refractivity contribution is 14.1. The second-order valence-corrected chi connectivity index (χ2v) is 14.7. The van der Waals surface area contributed by atoms with Crippen LogP contribution in [0.5, 0.6) is 0 Å². The second kappa shape index (κ2) is 8.94. The van der Waals surface area contributed by atoms with Crippen LogP contribution in [0.3, 0.4) is 0 Å². The summed E-state index contributed by atoms with van der Waals surface area (Å²) in [6.45, 7) is 4.23. The van der Waals surface area contributed by atoms with E-state index in [-0.39, 0.29) is 0 Å². The molecule has 0 aliphatic heterocycles. The fraction of sp³-hybridized carbons (Fsp3) is 0.0833. The average Bonchev–Trinajstić information content (AvgIpc) is 2.73. The van der Waals surface area contributed by atoms with Gasteiger partial charge in [0.1, 0.15) is 0 Å². The molecule has 28 heavy (non-hydrogen) atoms. The minimum absolute atomic E-state index is 0.994. The molecule has 2 atom stereocenters. The van der Waals surface area contributed by atoms with Crippen LogP contribution in [0.25, 0.3) is 0 Å². The van der Waals surface area contributed by atoms with Crippen molar-refractivity contribution in [3.63, 3.8) is 0 Å². The van der Waals surface area contributed by atoms with Crippen molar-refractivity contribution < 1.29 is 4.12 Å². The van der Waals surface area contributed by atoms with Crippen LogP contribution in [0.2, 0.25) is 13.1 Å². The molecule has 0 radical (unpaired) electrons. The van der Waals surface area contributed by atoms with E-state index in [0.29, 0.717) is 0 Å². The number of rotatable bonds is 4. The van der Waals surface area contributed by atoms with Gasteiger partial charge in [0.25, 0.3) is 16.6 Å². The lowest BCUT2D eigenvalue weighted by atomic mass is 10.2. The zero-order chi connectivity index (χ0) is 20.0. The van der Waals surface area contributed by atoms with Gasteiger partial charge in [0.05, 0.1) is 0 Å². The molecule has 0 aliphatic rings. The summed E-state index contributed by atoms with van der Waals surface area (Å²) in [5.74, 6) is 3.36. The molecular weight excluding hydrogens is 487 g/mol. The highest BCUT2D eigenvalue weighted by Gasteiger charge is 2.41. The fourth-order valence-corrected chi connectivity index (χ4v) is 10.5. The van der Waals surface area contributed by atoms with Crippen molar-refractivity contribution in [2.24, 2.45) is 0 Å². The zero-order valence-corrected chi connectivity index (χ0v) is 20.1. The Bertz CT molecular complexity index is 1050. The molecule has 0 heterocycles. The van der Waals surface area contributed by atoms with Crippen LogP contribution in [0.15, 0.2) is 84.9 Å². The highest BCUT2D eigenvalue weighted by atomic mass is 127. The molecule has 0 saturated heterocycles. The van der Waals surface area contributed by atoms with E-state index in [1.807, 2.05) is 48.5 Å². The number of halogens is 1. The SMILES string of the molecule is C#C[Si](C)(O[Si](C)(C#Cc1cccc(I)c1)c1ccccc1)c1ccccc1. The van der Waals surface area contributed by atoms with Gasteiger partial charge in [-0.2, -0.15) is 0 Å². The van der Waals surface area contributed by atoms with Gasteiger partial charge in [0.15, 0.2) is 0 Å². The first-order valence-corrected chi connectivity index (χ1v) is 14.9. The maximum Gasteiger partial charge on any atom is 0.292 e. The number of hydrogen-bond acceptors (Lipinski definition) is 1. The lowest BCUT2D eigenvalue weighted by Crippen LogP contribution is -2.60. The third-order valence-corrected chi connectivity index (χ3v) is 12.6. The van der Waals surface area contributed by atoms with E-state index in [2.05, 4.69) is 89.1 Å². The van der Waals surface area contributed by atoms with Gasteiger partial charge >= 0.3 is 0 Å². The Labute approximate surface area is 183 Å². The molecule has 2 unspecified atom stereocenters. The van der Waals surface area contributed by atoms with E-state index in [9.17, 15) is 0 Å². The molecule has 3 aromatic carbocycles. The van der Waals surface area contributed by atoms with Crippen LogP contribution in [-0.2, 0) is 4.12 Å². The van der Waals surface area contributed by atoms with E-state index >= 15 is 0 Å². The minimum Gasteiger partial charge on any atom is -0.431 e. The van der Waals surface area contributed by atoms with Crippen LogP contribution in [0.1, 0.15) is 5.56 Å². The number of benzene rings is 3. The van der Waals surface area contributed by atoms with Gasteiger partial charge in [-0.15, -0.1) is 6.42 Å². The number of terminal acetylenes is 1. The zero-order valence-electron chi connectivity index (χ0n) is 15.9. The van der Waals surface area contributed by atoms with Crippen LogP contribution < -0.4 is 10.4 Å². The summed E-state index contributed by atoms with van der Waals surface area (Å²) in [6, 6.07) is 28.7. The molecule has 0 N–H and O–H groups in total. The van der Waals surface area contributed by atoms with E-state index in [1.54, 1.807) is 0 Å². The first-order chi connectivity index (χ1) is 13.5. The first kappa shape index (κ1) is 20.6. The molecule has 0 aromatic heterocycles. The van der Waals surface area contributed by atoms with E-state index in [1.165, 1.54) is 3.57 Å². The summed E-state index contributed by atoms with van der Waals surface area (Å²) in [5, 5.41) is 2.24. The number of hydrogen-bond donors (Lipinski definition) is 0. The standard InChI is InChI=1S/C24H21IOSi2/c1-4-27(2,23-14-7-5-8-15-23)26-28(3,24-16-9-6-10-17-24)19-18-21-12-11-13-22(25)20-21/h1,5-17,20H,2-3H3. The van der Waals surface area contributed by atoms with Crippen molar-refractivity contribution in [2.75, 3.05) is 0 Å². The first-order valence-electron chi connectivity index (χ1n) is 9.03. The Morgan fingerprint density at radius 1 is 0.786 bits per heavy atom. The molecule has 1 nitrogen and oxygen atoms in total. The van der Waals surface area contributed by atoms with E-state index in [0.717, 1.165) is 15.9 Å². The third-order valence-electron chi connectivity index (χ3n) is 4.60. The summed E-state index contributed by atoms with van der Waals surface area (Å²) < 4.78 is 8.03. The van der Waals surface area contributed by atoms with Crippen molar-refractivity contribution in [1.29, 1.82) is 0 Å². The molecular formula is C24H21IOSi2. The molecule has 3 aromatic rings. The Morgan fingerprint density at radius 2 is 1.36 bits per heavy atom. The Morgan fingerprint density at radius 3 is 1.89 bits per heavy atom. The topological polar surface area (TPSA) is 9.23 Å². The van der Waals surface area contributed by atoms with Crippen LogP contribution >= 0.6 is 22.6 Å². The monoisotopic (exact) mass is 508 g/mol. The third kappa shape index (κ3) is 4.84. The summed E-state index contributed by atoms with van der Waals surface area (Å²) in [7, 11) is -5.19. The molecule has 0 bridgehead atoms. The molecule has 4 heteroatoms. The predicted molar refractivity (Wildman–Crippen MR) is 131 cm³/mol. The van der Waals surface area contributed by atoms with Crippen LogP contribution in [-0.4, -0.2) is 16.6 Å². The van der Waals surface area contributed by atoms with E-state index < -0.39 is 16.6 Å². The van der Waals surface area contributed by atoms with Gasteiger partial charge < -0.3 is 4.12 Å². The molecule has 3 rings (SSSR count). The quantitative estimate of drug-likeness (QED) is 0.290. The normalized spacial score (nSPS) is 14.6. The van der Waals surface area contributed by atoms with Crippen molar-refractivity contribution in [2.45, 2.75) is 13.1 Å². The van der Waals surface area contributed by atoms with Crippen LogP contribution in [0.4, 0.5) is 0 Å². The maximum atomic E-state index is 6.87. The van der Waals surface area contributed by atoms with Gasteiger partial charge in [-0.05, 0) is 64.3 Å². The molecule has 0 amide bonds. The maximum absolute atomic E-state index is 6.87. The molecule has 0 aliphatic carbocycles. The second-order valence-electron chi connectivity index (χ2n) is 6.81. The Hall–Kier alpha value is -2.10. The van der Waals surface area contributed by atoms with E-state index in [4.69, 9.17) is 10.5 Å². The van der Waals surface area contributed by atoms with Crippen molar-refractivity contribution >= 4 is 49.6 Å². The highest BCUT2D eigenvalue weighted by Crippen LogP contribution is 2.15. The van der Waals surface area contributed by atoms with Crippen molar-refractivity contribution in [3.8, 4) is 23.4 Å². The molecule has 0 spiro atoms. The lowest BCUT2D eigenvalue weighted by molar-refractivity contribution is 0.590. The summed E-state index contributed by atoms with van der Waals surface area (Å²) in [4.78, 5) is 0. The molecule has 0 fully saturated rings. The van der Waals surface area contributed by atoms with Crippen LogP contribution in [0, 0.1) is 27.0 Å². The van der Waals surface area contributed by atoms with Gasteiger partial charge in [0, 0.05) is 9.13 Å². The Kier molecular flexibility index (Phi) is 6.59.